The molecule has 178 valence electrons. The van der Waals surface area contributed by atoms with Gasteiger partial charge in [0.15, 0.2) is 18.1 Å². The second-order valence-corrected chi connectivity index (χ2v) is 8.52. The monoisotopic (exact) mass is 480 g/mol. The number of carbonyl (C=O) groups excluding carboxylic acids is 1. The van der Waals surface area contributed by atoms with Crippen molar-refractivity contribution >= 4 is 44.8 Å². The Morgan fingerprint density at radius 2 is 1.67 bits per heavy atom. The van der Waals surface area contributed by atoms with Gasteiger partial charge in [0, 0.05) is 22.3 Å². The molecule has 6 rings (SSSR count). The maximum atomic E-state index is 12.8. The van der Waals surface area contributed by atoms with E-state index in [1.165, 1.54) is 7.11 Å². The number of nitrogens with zero attached hydrogens (tertiary/aromatic N) is 2. The van der Waals surface area contributed by atoms with Gasteiger partial charge in [-0.15, -0.1) is 0 Å². The SMILES string of the molecule is COc1cc([C@H]2CC(=O)Oc3c2c2nc4ccccc4nc2c2ccccc32)ccc1OCC(=O)O. The van der Waals surface area contributed by atoms with Crippen LogP contribution in [-0.2, 0) is 9.59 Å². The van der Waals surface area contributed by atoms with Gasteiger partial charge in [0.05, 0.1) is 35.6 Å². The number of carboxylic acid groups (broad SMARTS) is 1. The molecule has 8 nitrogen and oxygen atoms in total. The zero-order valence-corrected chi connectivity index (χ0v) is 19.2. The molecule has 1 atom stereocenters. The highest BCUT2D eigenvalue weighted by Gasteiger charge is 2.34. The van der Waals surface area contributed by atoms with Gasteiger partial charge in [0.1, 0.15) is 5.75 Å². The van der Waals surface area contributed by atoms with Crippen LogP contribution >= 0.6 is 0 Å². The lowest BCUT2D eigenvalue weighted by molar-refractivity contribution is -0.139. The number of aliphatic carboxylic acids is 1. The summed E-state index contributed by atoms with van der Waals surface area (Å²) in [6, 6.07) is 20.6. The molecule has 8 heteroatoms. The van der Waals surface area contributed by atoms with E-state index in [9.17, 15) is 9.59 Å². The summed E-state index contributed by atoms with van der Waals surface area (Å²) < 4.78 is 16.7. The van der Waals surface area contributed by atoms with E-state index < -0.39 is 12.6 Å². The molecule has 2 heterocycles. The van der Waals surface area contributed by atoms with E-state index in [0.717, 1.165) is 38.4 Å². The fourth-order valence-corrected chi connectivity index (χ4v) is 4.82. The summed E-state index contributed by atoms with van der Waals surface area (Å²) in [6.07, 6.45) is 0.105. The van der Waals surface area contributed by atoms with Gasteiger partial charge in [-0.2, -0.15) is 0 Å². The third-order valence-electron chi connectivity index (χ3n) is 6.37. The van der Waals surface area contributed by atoms with Crippen LogP contribution in [-0.4, -0.2) is 40.7 Å². The summed E-state index contributed by atoms with van der Waals surface area (Å²) >= 11 is 0. The molecule has 0 fully saturated rings. The topological polar surface area (TPSA) is 108 Å². The molecule has 1 aromatic heterocycles. The summed E-state index contributed by atoms with van der Waals surface area (Å²) in [6.45, 7) is -0.492. The first-order valence-corrected chi connectivity index (χ1v) is 11.4. The number of ether oxygens (including phenoxy) is 3. The average molecular weight is 480 g/mol. The van der Waals surface area contributed by atoms with Crippen molar-refractivity contribution in [1.82, 2.24) is 9.97 Å². The van der Waals surface area contributed by atoms with Crippen molar-refractivity contribution in [1.29, 1.82) is 0 Å². The molecular weight excluding hydrogens is 460 g/mol. The molecule has 0 bridgehead atoms. The minimum atomic E-state index is -1.09. The van der Waals surface area contributed by atoms with Gasteiger partial charge in [0.25, 0.3) is 0 Å². The number of benzene rings is 4. The lowest BCUT2D eigenvalue weighted by Gasteiger charge is -2.28. The lowest BCUT2D eigenvalue weighted by atomic mass is 9.83. The summed E-state index contributed by atoms with van der Waals surface area (Å²) in [5, 5.41) is 10.6. The second-order valence-electron chi connectivity index (χ2n) is 8.52. The van der Waals surface area contributed by atoms with Gasteiger partial charge in [0.2, 0.25) is 0 Å². The molecule has 0 saturated heterocycles. The molecule has 1 aliphatic heterocycles. The Morgan fingerprint density at radius 3 is 2.39 bits per heavy atom. The Morgan fingerprint density at radius 1 is 0.972 bits per heavy atom. The van der Waals surface area contributed by atoms with Gasteiger partial charge in [-0.25, -0.2) is 14.8 Å². The van der Waals surface area contributed by atoms with E-state index in [-0.39, 0.29) is 18.3 Å². The van der Waals surface area contributed by atoms with Crippen LogP contribution in [0.15, 0.2) is 66.7 Å². The van der Waals surface area contributed by atoms with Gasteiger partial charge < -0.3 is 19.3 Å². The quantitative estimate of drug-likeness (QED) is 0.165. The van der Waals surface area contributed by atoms with E-state index in [2.05, 4.69) is 0 Å². The minimum Gasteiger partial charge on any atom is -0.493 e. The number of rotatable bonds is 5. The van der Waals surface area contributed by atoms with E-state index in [1.54, 1.807) is 12.1 Å². The number of carboxylic acids is 1. The highest BCUT2D eigenvalue weighted by Crippen LogP contribution is 2.48. The molecule has 36 heavy (non-hydrogen) atoms. The first-order valence-electron chi connectivity index (χ1n) is 11.4. The van der Waals surface area contributed by atoms with Gasteiger partial charge in [-0.3, -0.25) is 4.79 Å². The van der Waals surface area contributed by atoms with Crippen molar-refractivity contribution < 1.29 is 28.9 Å². The van der Waals surface area contributed by atoms with Crippen LogP contribution in [0, 0.1) is 0 Å². The van der Waals surface area contributed by atoms with Crippen molar-refractivity contribution in [3.05, 3.63) is 77.9 Å². The Balaban J connectivity index is 1.62. The molecule has 4 aromatic carbocycles. The van der Waals surface area contributed by atoms with Gasteiger partial charge in [-0.05, 0) is 29.8 Å². The predicted molar refractivity (Wildman–Crippen MR) is 133 cm³/mol. The number of hydrogen-bond acceptors (Lipinski definition) is 7. The molecule has 0 aliphatic carbocycles. The van der Waals surface area contributed by atoms with Crippen LogP contribution in [0.5, 0.6) is 17.2 Å². The molecular formula is C28H20N2O6. The lowest BCUT2D eigenvalue weighted by Crippen LogP contribution is -2.22. The number of hydrogen-bond donors (Lipinski definition) is 1. The molecule has 0 spiro atoms. The van der Waals surface area contributed by atoms with Gasteiger partial charge in [-0.1, -0.05) is 42.5 Å². The fraction of sp³-hybridized carbons (Fsp3) is 0.143. The predicted octanol–water partition coefficient (Wildman–Crippen LogP) is 4.85. The molecule has 0 unspecified atom stereocenters. The zero-order chi connectivity index (χ0) is 24.8. The van der Waals surface area contributed by atoms with E-state index in [1.807, 2.05) is 54.6 Å². The van der Waals surface area contributed by atoms with Crippen molar-refractivity contribution in [2.24, 2.45) is 0 Å². The third-order valence-corrected chi connectivity index (χ3v) is 6.37. The Hall–Kier alpha value is -4.72. The summed E-state index contributed by atoms with van der Waals surface area (Å²) in [5.41, 5.74) is 4.50. The van der Waals surface area contributed by atoms with Crippen LogP contribution in [0.4, 0.5) is 0 Å². The number of esters is 1. The minimum absolute atomic E-state index is 0.105. The van der Waals surface area contributed by atoms with Crippen LogP contribution in [0.2, 0.25) is 0 Å². The van der Waals surface area contributed by atoms with E-state index in [0.29, 0.717) is 22.8 Å². The number of aromatic nitrogens is 2. The smallest absolute Gasteiger partial charge is 0.341 e. The first kappa shape index (κ1) is 21.8. The standard InChI is InChI=1S/C28H20N2O6/c1-34-22-12-15(10-11-21(22)35-14-23(31)32)18-13-24(33)36-28-17-7-3-2-6-16(17)26-27(25(18)28)30-20-9-5-4-8-19(20)29-26/h2-12,18H,13-14H2,1H3,(H,31,32)/t18-/m1/s1. The summed E-state index contributed by atoms with van der Waals surface area (Å²) in [7, 11) is 1.48. The molecule has 0 radical (unpaired) electrons. The highest BCUT2D eigenvalue weighted by molar-refractivity contribution is 6.12. The maximum absolute atomic E-state index is 12.8. The Labute approximate surface area is 205 Å². The molecule has 0 amide bonds. The van der Waals surface area contributed by atoms with E-state index >= 15 is 0 Å². The largest absolute Gasteiger partial charge is 0.493 e. The Kier molecular flexibility index (Phi) is 5.14. The van der Waals surface area contributed by atoms with Crippen LogP contribution in [0.25, 0.3) is 32.8 Å². The van der Waals surface area contributed by atoms with E-state index in [4.69, 9.17) is 29.3 Å². The van der Waals surface area contributed by atoms with Crippen LogP contribution in [0.1, 0.15) is 23.5 Å². The van der Waals surface area contributed by atoms with Gasteiger partial charge >= 0.3 is 11.9 Å². The maximum Gasteiger partial charge on any atom is 0.341 e. The van der Waals surface area contributed by atoms with Crippen molar-refractivity contribution in [3.63, 3.8) is 0 Å². The number of para-hydroxylation sites is 2. The van der Waals surface area contributed by atoms with Crippen LogP contribution in [0.3, 0.4) is 0 Å². The highest BCUT2D eigenvalue weighted by atomic mass is 16.5. The van der Waals surface area contributed by atoms with Crippen molar-refractivity contribution in [2.45, 2.75) is 12.3 Å². The first-order chi connectivity index (χ1) is 17.5. The number of fused-ring (bicyclic) bond motifs is 7. The third kappa shape index (κ3) is 3.54. The molecule has 0 saturated carbocycles. The van der Waals surface area contributed by atoms with Crippen LogP contribution < -0.4 is 14.2 Å². The normalized spacial score (nSPS) is 15.0. The Bertz CT molecular complexity index is 1700. The number of methoxy groups -OCH3 is 1. The fourth-order valence-electron chi connectivity index (χ4n) is 4.82. The summed E-state index contributed by atoms with van der Waals surface area (Å²) in [4.78, 5) is 33.7. The molecule has 1 aliphatic rings. The zero-order valence-electron chi connectivity index (χ0n) is 19.2. The van der Waals surface area contributed by atoms with Crippen molar-refractivity contribution in [2.75, 3.05) is 13.7 Å². The molecule has 5 aromatic rings. The second kappa shape index (κ2) is 8.49. The van der Waals surface area contributed by atoms with Crippen molar-refractivity contribution in [3.8, 4) is 17.2 Å². The summed E-state index contributed by atoms with van der Waals surface area (Å²) in [5.74, 6) is -0.669. The molecule has 1 N–H and O–H groups in total. The number of carbonyl (C=O) groups is 2. The average Bonchev–Trinajstić information content (AvgIpc) is 2.90.